The van der Waals surface area contributed by atoms with Crippen LogP contribution in [0.3, 0.4) is 0 Å². The first-order valence-electron chi connectivity index (χ1n) is 37.1. The first-order valence-corrected chi connectivity index (χ1v) is 37.1. The fourth-order valence-corrected chi connectivity index (χ4v) is 15.1. The van der Waals surface area contributed by atoms with Crippen LogP contribution in [0.25, 0.3) is 0 Å². The van der Waals surface area contributed by atoms with E-state index in [1.54, 1.807) is 32.9 Å². The Hall–Kier alpha value is -8.78. The van der Waals surface area contributed by atoms with Crippen LogP contribution in [0.4, 0.5) is 35.1 Å². The molecule has 2 aliphatic carbocycles. The van der Waals surface area contributed by atoms with Crippen molar-refractivity contribution in [1.29, 1.82) is 0 Å². The number of hydrogen-bond donors (Lipinski definition) is 3. The summed E-state index contributed by atoms with van der Waals surface area (Å²) in [7, 11) is 10.7. The molecule has 2 saturated heterocycles. The topological polar surface area (TPSA) is 279 Å². The number of likely N-dealkylation sites (N-methyl/N-ethyl adjacent to an activating group) is 7. The summed E-state index contributed by atoms with van der Waals surface area (Å²) in [6, 6.07) is -7.39. The summed E-state index contributed by atoms with van der Waals surface area (Å²) in [5, 5.41) is 8.28. The maximum absolute atomic E-state index is 15.5. The van der Waals surface area contributed by atoms with Gasteiger partial charge in [-0.05, 0) is 124 Å². The molecule has 0 aromatic heterocycles. The van der Waals surface area contributed by atoms with Crippen molar-refractivity contribution >= 4 is 70.9 Å². The smallest absolute Gasteiger partial charge is 0.377 e. The third-order valence-corrected chi connectivity index (χ3v) is 21.8. The minimum atomic E-state index is -5.46. The van der Waals surface area contributed by atoms with Crippen molar-refractivity contribution < 1.29 is 97.4 Å². The van der Waals surface area contributed by atoms with Gasteiger partial charge in [-0.25, -0.2) is 8.78 Å². The number of nitrogens with zero attached hydrogens (tertiary/aromatic N) is 9. The molecule has 2 aromatic carbocycles. The van der Waals surface area contributed by atoms with Gasteiger partial charge >= 0.3 is 12.4 Å². The Balaban J connectivity index is 1.36. The Bertz CT molecular complexity index is 3690. The molecule has 12 amide bonds. The quantitative estimate of drug-likeness (QED) is 0.160. The van der Waals surface area contributed by atoms with Gasteiger partial charge in [0.05, 0.1) is 31.2 Å². The van der Waals surface area contributed by atoms with E-state index in [1.807, 2.05) is 20.8 Å². The highest BCUT2D eigenvalue weighted by atomic mass is 19.4. The lowest BCUT2D eigenvalue weighted by Gasteiger charge is -2.46. The van der Waals surface area contributed by atoms with E-state index in [2.05, 4.69) is 16.0 Å². The second-order valence-electron chi connectivity index (χ2n) is 31.2. The Morgan fingerprint density at radius 1 is 0.670 bits per heavy atom. The van der Waals surface area contributed by atoms with Crippen LogP contribution in [0, 0.1) is 28.9 Å². The predicted molar refractivity (Wildman–Crippen MR) is 383 cm³/mol. The number of ether oxygens (including phenoxy) is 1. The van der Waals surface area contributed by atoms with Crippen molar-refractivity contribution in [3.63, 3.8) is 0 Å². The molecule has 3 heterocycles. The number of fused-ring (bicyclic) bond motifs is 3. The van der Waals surface area contributed by atoms with Crippen LogP contribution >= 0.6 is 0 Å². The molecule has 3 N–H and O–H groups in total. The van der Waals surface area contributed by atoms with Crippen LogP contribution in [0.5, 0.6) is 0 Å². The van der Waals surface area contributed by atoms with E-state index >= 15 is 47.1 Å². The molecule has 0 radical (unpaired) electrons. The van der Waals surface area contributed by atoms with E-state index < -0.39 is 228 Å². The van der Waals surface area contributed by atoms with Gasteiger partial charge in [0.2, 0.25) is 70.9 Å². The number of benzene rings is 2. The summed E-state index contributed by atoms with van der Waals surface area (Å²) in [6.45, 7) is 8.38. The molecule has 3 aliphatic heterocycles. The van der Waals surface area contributed by atoms with Crippen molar-refractivity contribution in [3.05, 3.63) is 82.4 Å². The Morgan fingerprint density at radius 2 is 1.28 bits per heavy atom. The van der Waals surface area contributed by atoms with E-state index in [1.165, 1.54) is 59.1 Å². The van der Waals surface area contributed by atoms with Crippen molar-refractivity contribution in [1.82, 2.24) is 60.0 Å². The zero-order valence-corrected chi connectivity index (χ0v) is 64.7. The molecule has 109 heavy (non-hydrogen) atoms. The highest BCUT2D eigenvalue weighted by molar-refractivity contribution is 6.01. The molecule has 2 saturated carbocycles. The van der Waals surface area contributed by atoms with Crippen molar-refractivity contribution in [2.75, 3.05) is 89.2 Å². The number of aryl methyl sites for hydroxylation is 1. The number of halogens is 8. The van der Waals surface area contributed by atoms with Gasteiger partial charge in [-0.2, -0.15) is 26.3 Å². The van der Waals surface area contributed by atoms with Gasteiger partial charge in [0.25, 0.3) is 0 Å². The Morgan fingerprint density at radius 3 is 1.83 bits per heavy atom. The van der Waals surface area contributed by atoms with E-state index in [9.17, 15) is 45.5 Å². The van der Waals surface area contributed by atoms with E-state index in [-0.39, 0.29) is 63.8 Å². The normalized spacial score (nSPS) is 26.1. The number of amides is 12. The first kappa shape index (κ1) is 87.4. The maximum atomic E-state index is 15.5. The molecule has 0 unspecified atom stereocenters. The van der Waals surface area contributed by atoms with E-state index in [0.29, 0.717) is 50.7 Å². The minimum absolute atomic E-state index is 0.00477. The molecule has 5 aliphatic rings. The van der Waals surface area contributed by atoms with Crippen molar-refractivity contribution in [2.24, 2.45) is 17.3 Å². The van der Waals surface area contributed by atoms with Crippen LogP contribution in [0.2, 0.25) is 0 Å². The van der Waals surface area contributed by atoms with Crippen molar-refractivity contribution in [2.45, 2.75) is 217 Å². The molecule has 4 fully saturated rings. The first-order chi connectivity index (χ1) is 50.9. The number of rotatable bonds is 12. The Labute approximate surface area is 631 Å². The predicted octanol–water partition coefficient (Wildman–Crippen LogP) is 6.13. The molecule has 33 heteroatoms. The summed E-state index contributed by atoms with van der Waals surface area (Å²) >= 11 is 0. The molecule has 2 aromatic rings. The fourth-order valence-electron chi connectivity index (χ4n) is 15.1. The van der Waals surface area contributed by atoms with Gasteiger partial charge in [-0.1, -0.05) is 78.2 Å². The van der Waals surface area contributed by atoms with Gasteiger partial charge in [-0.3, -0.25) is 57.5 Å². The van der Waals surface area contributed by atoms with Crippen LogP contribution in [0.15, 0.2) is 48.6 Å². The molecular formula is C76H106F8N12O13. The SMILES string of the molecule is CCO[C@@H]1C[C@H]2C(=O)NC3(CCC3)C(=O)N(C)[C@@H](C3CCCC3)C(=O)N(C)[C@H](C(=O)N(C)C)CC(=O)N(C)[C@@H](CC(C)(C)C)C(=O)N[C@@H]([C@@H](C)CC)C(=O)N(C)CC(=O)N(C)[C@H]3C/C=C\CCN(C3=O)[C@@H](Cc3ccc(C(F)(F)F)cc3)C(=O)N(C)CC(=O)N[C@@H](CCc3cc(F)c(C(F)(F)F)c(F)c3)C(=O)N2C1. The highest BCUT2D eigenvalue weighted by Gasteiger charge is 2.54. The van der Waals surface area contributed by atoms with Crippen LogP contribution in [0.1, 0.15) is 154 Å². The number of hydrogen-bond acceptors (Lipinski definition) is 13. The van der Waals surface area contributed by atoms with Gasteiger partial charge in [0.15, 0.2) is 0 Å². The van der Waals surface area contributed by atoms with E-state index in [4.69, 9.17) is 4.74 Å². The lowest BCUT2D eigenvalue weighted by molar-refractivity contribution is -0.158. The number of carbonyl (C=O) groups excluding carboxylic acids is 12. The molecular weight excluding hydrogens is 1440 g/mol. The monoisotopic (exact) mass is 1550 g/mol. The van der Waals surface area contributed by atoms with Crippen LogP contribution < -0.4 is 16.0 Å². The molecule has 1 spiro atoms. The molecule has 25 nitrogen and oxygen atoms in total. The van der Waals surface area contributed by atoms with Gasteiger partial charge in [0.1, 0.15) is 71.1 Å². The molecule has 10 atom stereocenters. The third-order valence-electron chi connectivity index (χ3n) is 21.8. The molecule has 604 valence electrons. The summed E-state index contributed by atoms with van der Waals surface area (Å²) in [5.41, 5.74) is -5.93. The molecule has 7 rings (SSSR count). The average Bonchev–Trinajstić information content (AvgIpc) is 1.69. The summed E-state index contributed by atoms with van der Waals surface area (Å²) < 4.78 is 120. The largest absolute Gasteiger partial charge is 0.422 e. The maximum Gasteiger partial charge on any atom is 0.422 e. The zero-order valence-electron chi connectivity index (χ0n) is 64.7. The Kier molecular flexibility index (Phi) is 29.2. The number of alkyl halides is 6. The van der Waals surface area contributed by atoms with Crippen LogP contribution in [-0.2, 0) is 87.5 Å². The van der Waals surface area contributed by atoms with E-state index in [0.717, 1.165) is 65.6 Å². The number of carbonyl (C=O) groups is 12. The summed E-state index contributed by atoms with van der Waals surface area (Å²) in [6.07, 6.45) is -7.53. The van der Waals surface area contributed by atoms with Gasteiger partial charge in [-0.15, -0.1) is 0 Å². The minimum Gasteiger partial charge on any atom is -0.377 e. The van der Waals surface area contributed by atoms with Crippen molar-refractivity contribution in [3.8, 4) is 0 Å². The second kappa shape index (κ2) is 36.4. The zero-order chi connectivity index (χ0) is 81.3. The average molecular weight is 1550 g/mol. The number of nitrogens with one attached hydrogen (secondary N) is 3. The standard InChI is InChI=1S/C76H106F8N12O13/c1-15-44(3)62-70(106)90(10)43-60(99)91(11)53-25-18-17-21-34-95(69(53)105)56(37-45-26-29-48(30-27-45)75(79,80)81)68(104)89(9)42-58(97)85-52(31-28-46-35-50(77)61(51(78)36-46)76(82,83)84)66(102)96-41-49(109-16-2)38-54(96)65(101)87-74(32-22-33-74)72(108)94(14)63(47-23-19-20-24-47)71(107)93(13)55(67(103)88(7)8)39-59(98)92(12)57(64(100)86-62)40-73(4,5)6/h17-18,26-27,29-30,35-36,44,47,49,52-57,62-63H,15-16,19-25,28,31-34,37-43H2,1-14H3,(H,85,97)(H,86,100)(H,87,101)/b18-17-/t44-,49+,52-,53-,54-,55-,56-,57-,62-,63-/m0/s1. The lowest BCUT2D eigenvalue weighted by Crippen LogP contribution is -2.68. The third kappa shape index (κ3) is 21.2. The lowest BCUT2D eigenvalue weighted by atomic mass is 9.74. The van der Waals surface area contributed by atoms with Gasteiger partial charge < -0.3 is 64.8 Å². The molecule has 2 bridgehead atoms. The highest BCUT2D eigenvalue weighted by Crippen LogP contribution is 2.40. The summed E-state index contributed by atoms with van der Waals surface area (Å²) in [5.74, 6) is -15.2. The summed E-state index contributed by atoms with van der Waals surface area (Å²) in [4.78, 5) is 191. The fraction of sp³-hybridized carbons (Fsp3) is 0.658. The van der Waals surface area contributed by atoms with Crippen LogP contribution in [-0.4, -0.2) is 264 Å². The second-order valence-corrected chi connectivity index (χ2v) is 31.2. The van der Waals surface area contributed by atoms with Gasteiger partial charge in [0, 0.05) is 88.9 Å².